The normalized spacial score (nSPS) is 23.7. The number of carbonyl (C=O) groups is 3. The lowest BCUT2D eigenvalue weighted by Gasteiger charge is -2.29. The summed E-state index contributed by atoms with van der Waals surface area (Å²) in [6.07, 6.45) is 0.847. The van der Waals surface area contributed by atoms with Crippen LogP contribution in [-0.2, 0) is 19.9 Å². The number of nitrogens with two attached hydrogens (primary N) is 1. The third-order valence-corrected chi connectivity index (χ3v) is 6.43. The number of benzene rings is 2. The molecule has 32 heavy (non-hydrogen) atoms. The quantitative estimate of drug-likeness (QED) is 0.510. The number of hydrogen-bond donors (Lipinski definition) is 4. The number of halogens is 2. The van der Waals surface area contributed by atoms with E-state index in [1.54, 1.807) is 36.4 Å². The van der Waals surface area contributed by atoms with E-state index in [-0.39, 0.29) is 24.3 Å². The number of carbonyl (C=O) groups excluding carboxylic acids is 3. The Labute approximate surface area is 194 Å². The van der Waals surface area contributed by atoms with Gasteiger partial charge in [0, 0.05) is 33.8 Å². The number of amides is 3. The van der Waals surface area contributed by atoms with Crippen molar-refractivity contribution >= 4 is 52.3 Å². The average Bonchev–Trinajstić information content (AvgIpc) is 3.26. The van der Waals surface area contributed by atoms with Crippen LogP contribution < -0.4 is 26.4 Å². The predicted octanol–water partition coefficient (Wildman–Crippen LogP) is 3.03. The Morgan fingerprint density at radius 1 is 1.22 bits per heavy atom. The second-order valence-corrected chi connectivity index (χ2v) is 8.79. The second-order valence-electron chi connectivity index (χ2n) is 7.92. The Bertz CT molecular complexity index is 1110. The smallest absolute Gasteiger partial charge is 0.250 e. The zero-order valence-corrected chi connectivity index (χ0v) is 18.7. The zero-order chi connectivity index (χ0) is 23.0. The van der Waals surface area contributed by atoms with Crippen molar-refractivity contribution in [2.45, 2.75) is 30.8 Å². The fraction of sp³-hybridized carbons (Fsp3) is 0.318. The van der Waals surface area contributed by atoms with Gasteiger partial charge in [0.25, 0.3) is 0 Å². The lowest BCUT2D eigenvalue weighted by molar-refractivity contribution is -0.130. The van der Waals surface area contributed by atoms with Crippen molar-refractivity contribution in [3.63, 3.8) is 0 Å². The minimum absolute atomic E-state index is 0.133. The van der Waals surface area contributed by atoms with Crippen LogP contribution in [0.25, 0.3) is 0 Å². The molecule has 3 atom stereocenters. The molecule has 2 heterocycles. The van der Waals surface area contributed by atoms with Crippen molar-refractivity contribution in [1.82, 2.24) is 5.32 Å². The van der Waals surface area contributed by atoms with Crippen LogP contribution in [-0.4, -0.2) is 30.9 Å². The molecule has 3 amide bonds. The molecule has 0 saturated carbocycles. The maximum atomic E-state index is 13.5. The molecule has 168 valence electrons. The number of anilines is 2. The first kappa shape index (κ1) is 22.4. The number of hydrogen-bond acceptors (Lipinski definition) is 5. The number of primary amides is 1. The van der Waals surface area contributed by atoms with E-state index >= 15 is 0 Å². The molecule has 2 aliphatic heterocycles. The molecular formula is C22H22Cl2N4O4. The maximum Gasteiger partial charge on any atom is 0.250 e. The highest BCUT2D eigenvalue weighted by molar-refractivity contribution is 6.31. The van der Waals surface area contributed by atoms with Crippen molar-refractivity contribution in [3.05, 3.63) is 52.0 Å². The summed E-state index contributed by atoms with van der Waals surface area (Å²) in [6.45, 7) is 0. The van der Waals surface area contributed by atoms with Gasteiger partial charge in [0.15, 0.2) is 0 Å². The summed E-state index contributed by atoms with van der Waals surface area (Å²) in [6, 6.07) is 9.65. The summed E-state index contributed by atoms with van der Waals surface area (Å²) in [5.74, 6) is -1.54. The lowest BCUT2D eigenvalue weighted by Crippen LogP contribution is -2.52. The Morgan fingerprint density at radius 3 is 2.66 bits per heavy atom. The molecule has 0 bridgehead atoms. The van der Waals surface area contributed by atoms with Gasteiger partial charge in [-0.3, -0.25) is 19.7 Å². The average molecular weight is 477 g/mol. The van der Waals surface area contributed by atoms with Gasteiger partial charge in [-0.05, 0) is 49.2 Å². The van der Waals surface area contributed by atoms with Gasteiger partial charge in [-0.15, -0.1) is 0 Å². The minimum atomic E-state index is -1.33. The van der Waals surface area contributed by atoms with Crippen LogP contribution in [0.5, 0.6) is 5.75 Å². The van der Waals surface area contributed by atoms with Gasteiger partial charge < -0.3 is 21.1 Å². The maximum absolute atomic E-state index is 13.5. The summed E-state index contributed by atoms with van der Waals surface area (Å²) in [4.78, 5) is 38.1. The van der Waals surface area contributed by atoms with Crippen LogP contribution in [0.2, 0.25) is 10.0 Å². The topological polar surface area (TPSA) is 123 Å². The molecule has 0 aromatic heterocycles. The molecule has 10 heteroatoms. The van der Waals surface area contributed by atoms with Crippen LogP contribution in [0.3, 0.4) is 0 Å². The molecule has 2 aromatic carbocycles. The van der Waals surface area contributed by atoms with E-state index in [9.17, 15) is 14.4 Å². The summed E-state index contributed by atoms with van der Waals surface area (Å²) >= 11 is 12.3. The van der Waals surface area contributed by atoms with Gasteiger partial charge in [0.05, 0.1) is 18.7 Å². The van der Waals surface area contributed by atoms with E-state index in [0.717, 1.165) is 0 Å². The SMILES string of the molecule is COc1ccc(Cl)cc1NC(=O)[C@@H]1C[C@@H](CCC(N)=O)N[C@@]12C(=O)Nc1ccc(Cl)cc12. The Morgan fingerprint density at radius 2 is 1.94 bits per heavy atom. The number of fused-ring (bicyclic) bond motifs is 2. The first-order chi connectivity index (χ1) is 15.2. The largest absolute Gasteiger partial charge is 0.495 e. The Balaban J connectivity index is 1.72. The summed E-state index contributed by atoms with van der Waals surface area (Å²) in [7, 11) is 1.49. The fourth-order valence-electron chi connectivity index (χ4n) is 4.53. The summed E-state index contributed by atoms with van der Waals surface area (Å²) in [5.41, 5.74) is 5.55. The van der Waals surface area contributed by atoms with Gasteiger partial charge in [-0.1, -0.05) is 23.2 Å². The van der Waals surface area contributed by atoms with Crippen molar-refractivity contribution in [2.75, 3.05) is 17.7 Å². The van der Waals surface area contributed by atoms with E-state index in [1.807, 2.05) is 0 Å². The highest BCUT2D eigenvalue weighted by atomic mass is 35.5. The fourth-order valence-corrected chi connectivity index (χ4v) is 4.88. The van der Waals surface area contributed by atoms with Crippen LogP contribution in [0, 0.1) is 5.92 Å². The first-order valence-electron chi connectivity index (χ1n) is 10.1. The summed E-state index contributed by atoms with van der Waals surface area (Å²) in [5, 5.41) is 9.88. The van der Waals surface area contributed by atoms with Crippen LogP contribution in [0.1, 0.15) is 24.8 Å². The van der Waals surface area contributed by atoms with Gasteiger partial charge in [0.2, 0.25) is 17.7 Å². The van der Waals surface area contributed by atoms with E-state index in [1.165, 1.54) is 7.11 Å². The van der Waals surface area contributed by atoms with Crippen LogP contribution in [0.4, 0.5) is 11.4 Å². The zero-order valence-electron chi connectivity index (χ0n) is 17.2. The Kier molecular flexibility index (Phi) is 6.03. The molecule has 2 aromatic rings. The number of nitrogens with one attached hydrogen (secondary N) is 3. The molecule has 2 aliphatic rings. The number of methoxy groups -OCH3 is 1. The van der Waals surface area contributed by atoms with Crippen molar-refractivity contribution in [1.29, 1.82) is 0 Å². The van der Waals surface area contributed by atoms with Gasteiger partial charge in [0.1, 0.15) is 11.3 Å². The molecule has 0 unspecified atom stereocenters. The first-order valence-corrected chi connectivity index (χ1v) is 10.8. The summed E-state index contributed by atoms with van der Waals surface area (Å²) < 4.78 is 5.32. The molecule has 1 spiro atoms. The highest BCUT2D eigenvalue weighted by Crippen LogP contribution is 2.48. The van der Waals surface area contributed by atoms with Gasteiger partial charge >= 0.3 is 0 Å². The monoisotopic (exact) mass is 476 g/mol. The minimum Gasteiger partial charge on any atom is -0.495 e. The molecule has 8 nitrogen and oxygen atoms in total. The lowest BCUT2D eigenvalue weighted by atomic mass is 9.79. The molecule has 0 radical (unpaired) electrons. The third kappa shape index (κ3) is 3.90. The molecular weight excluding hydrogens is 455 g/mol. The van der Waals surface area contributed by atoms with Crippen LogP contribution >= 0.6 is 23.2 Å². The van der Waals surface area contributed by atoms with E-state index in [2.05, 4.69) is 16.0 Å². The number of ether oxygens (including phenoxy) is 1. The van der Waals surface area contributed by atoms with Gasteiger partial charge in [-0.25, -0.2) is 0 Å². The Hall–Kier alpha value is -2.81. The van der Waals surface area contributed by atoms with Crippen molar-refractivity contribution in [3.8, 4) is 5.75 Å². The van der Waals surface area contributed by atoms with Crippen LogP contribution in [0.15, 0.2) is 36.4 Å². The standard InChI is InChI=1S/C22H22Cl2N4O4/c1-32-18-6-3-12(24)9-17(18)26-20(30)15-10-13(4-7-19(25)29)28-22(15)14-8-11(23)2-5-16(14)27-21(22)31/h2-3,5-6,8-9,13,15,28H,4,7,10H2,1H3,(H2,25,29)(H,26,30)(H,27,31)/t13-,15+,22-/m1/s1. The predicted molar refractivity (Wildman–Crippen MR) is 122 cm³/mol. The molecule has 5 N–H and O–H groups in total. The molecule has 1 saturated heterocycles. The second kappa shape index (κ2) is 8.61. The molecule has 1 fully saturated rings. The van der Waals surface area contributed by atoms with Gasteiger partial charge in [-0.2, -0.15) is 0 Å². The van der Waals surface area contributed by atoms with Crippen molar-refractivity contribution in [2.24, 2.45) is 11.7 Å². The van der Waals surface area contributed by atoms with E-state index in [4.69, 9.17) is 33.7 Å². The third-order valence-electron chi connectivity index (χ3n) is 5.96. The van der Waals surface area contributed by atoms with E-state index < -0.39 is 17.4 Å². The molecule has 4 rings (SSSR count). The van der Waals surface area contributed by atoms with E-state index in [0.29, 0.717) is 45.6 Å². The molecule has 0 aliphatic carbocycles. The van der Waals surface area contributed by atoms with Crippen molar-refractivity contribution < 1.29 is 19.1 Å². The number of rotatable bonds is 6. The highest BCUT2D eigenvalue weighted by Gasteiger charge is 2.60.